The van der Waals surface area contributed by atoms with Crippen LogP contribution in [0.15, 0.2) is 30.5 Å². The summed E-state index contributed by atoms with van der Waals surface area (Å²) < 4.78 is 0. The Morgan fingerprint density at radius 1 is 1.32 bits per heavy atom. The van der Waals surface area contributed by atoms with E-state index in [1.165, 1.54) is 0 Å². The highest BCUT2D eigenvalue weighted by molar-refractivity contribution is 5.98. The summed E-state index contributed by atoms with van der Waals surface area (Å²) in [5.74, 6) is 0.344. The summed E-state index contributed by atoms with van der Waals surface area (Å²) in [5.41, 5.74) is 8.59. The molecule has 1 fully saturated rings. The van der Waals surface area contributed by atoms with Crippen LogP contribution >= 0.6 is 0 Å². The number of nitrogen functional groups attached to an aromatic ring is 1. The third-order valence-electron chi connectivity index (χ3n) is 3.98. The SMILES string of the molecule is Nc1ccc(NCC2CCCC2O)c2ncccc12. The summed E-state index contributed by atoms with van der Waals surface area (Å²) in [4.78, 5) is 4.40. The molecule has 4 heteroatoms. The Morgan fingerprint density at radius 2 is 2.21 bits per heavy atom. The van der Waals surface area contributed by atoms with E-state index in [4.69, 9.17) is 5.73 Å². The van der Waals surface area contributed by atoms with Gasteiger partial charge in [-0.25, -0.2) is 0 Å². The number of anilines is 2. The van der Waals surface area contributed by atoms with Gasteiger partial charge in [0.15, 0.2) is 0 Å². The van der Waals surface area contributed by atoms with Crippen LogP contribution in [0.3, 0.4) is 0 Å². The highest BCUT2D eigenvalue weighted by Gasteiger charge is 2.24. The molecule has 19 heavy (non-hydrogen) atoms. The first-order valence-corrected chi connectivity index (χ1v) is 6.81. The zero-order valence-corrected chi connectivity index (χ0v) is 10.8. The molecule has 1 aromatic heterocycles. The van der Waals surface area contributed by atoms with E-state index in [2.05, 4.69) is 10.3 Å². The number of aromatic nitrogens is 1. The number of nitrogens with zero attached hydrogens (tertiary/aromatic N) is 1. The van der Waals surface area contributed by atoms with Gasteiger partial charge in [-0.2, -0.15) is 0 Å². The molecule has 4 N–H and O–H groups in total. The van der Waals surface area contributed by atoms with Crippen LogP contribution in [0.25, 0.3) is 10.9 Å². The van der Waals surface area contributed by atoms with Crippen molar-refractivity contribution < 1.29 is 5.11 Å². The maximum absolute atomic E-state index is 9.85. The van der Waals surface area contributed by atoms with Gasteiger partial charge in [0.25, 0.3) is 0 Å². The minimum Gasteiger partial charge on any atom is -0.398 e. The number of rotatable bonds is 3. The molecule has 0 bridgehead atoms. The van der Waals surface area contributed by atoms with Gasteiger partial charge in [0, 0.05) is 29.7 Å². The molecule has 4 nitrogen and oxygen atoms in total. The van der Waals surface area contributed by atoms with Gasteiger partial charge in [0.05, 0.1) is 17.3 Å². The third kappa shape index (κ3) is 2.36. The standard InChI is InChI=1S/C15H19N3O/c16-12-6-7-13(15-11(12)4-2-8-17-15)18-9-10-3-1-5-14(10)19/h2,4,6-8,10,14,18-19H,1,3,5,9,16H2. The quantitative estimate of drug-likeness (QED) is 0.738. The number of nitrogens with two attached hydrogens (primary N) is 1. The van der Waals surface area contributed by atoms with Crippen LogP contribution in [-0.2, 0) is 0 Å². The van der Waals surface area contributed by atoms with Crippen molar-refractivity contribution in [2.45, 2.75) is 25.4 Å². The van der Waals surface area contributed by atoms with Crippen molar-refractivity contribution in [2.75, 3.05) is 17.6 Å². The average Bonchev–Trinajstić information content (AvgIpc) is 2.84. The van der Waals surface area contributed by atoms with Gasteiger partial charge in [-0.05, 0) is 37.1 Å². The van der Waals surface area contributed by atoms with E-state index >= 15 is 0 Å². The van der Waals surface area contributed by atoms with E-state index in [9.17, 15) is 5.11 Å². The number of nitrogens with one attached hydrogen (secondary N) is 1. The molecular formula is C15H19N3O. The topological polar surface area (TPSA) is 71.2 Å². The molecule has 3 rings (SSSR count). The van der Waals surface area contributed by atoms with Gasteiger partial charge in [0.2, 0.25) is 0 Å². The van der Waals surface area contributed by atoms with Crippen molar-refractivity contribution in [2.24, 2.45) is 5.92 Å². The Labute approximate surface area is 112 Å². The lowest BCUT2D eigenvalue weighted by Gasteiger charge is -2.17. The zero-order chi connectivity index (χ0) is 13.2. The first kappa shape index (κ1) is 12.2. The monoisotopic (exact) mass is 257 g/mol. The van der Waals surface area contributed by atoms with Gasteiger partial charge in [-0.15, -0.1) is 0 Å². The van der Waals surface area contributed by atoms with Crippen LogP contribution in [0.2, 0.25) is 0 Å². The minimum absolute atomic E-state index is 0.166. The molecule has 2 aromatic rings. The van der Waals surface area contributed by atoms with Crippen LogP contribution in [0, 0.1) is 5.92 Å². The average molecular weight is 257 g/mol. The first-order valence-electron chi connectivity index (χ1n) is 6.81. The van der Waals surface area contributed by atoms with Crippen LogP contribution in [-0.4, -0.2) is 22.7 Å². The highest BCUT2D eigenvalue weighted by atomic mass is 16.3. The lowest BCUT2D eigenvalue weighted by Crippen LogP contribution is -2.22. The van der Waals surface area contributed by atoms with Crippen molar-refractivity contribution in [1.29, 1.82) is 0 Å². The van der Waals surface area contributed by atoms with Gasteiger partial charge in [0.1, 0.15) is 0 Å². The molecule has 1 aromatic carbocycles. The van der Waals surface area contributed by atoms with Crippen molar-refractivity contribution in [3.8, 4) is 0 Å². The second kappa shape index (κ2) is 5.05. The summed E-state index contributed by atoms with van der Waals surface area (Å²) >= 11 is 0. The number of hydrogen-bond donors (Lipinski definition) is 3. The predicted molar refractivity (Wildman–Crippen MR) is 78.0 cm³/mol. The van der Waals surface area contributed by atoms with Gasteiger partial charge < -0.3 is 16.2 Å². The Balaban J connectivity index is 1.83. The summed E-state index contributed by atoms with van der Waals surface area (Å²) in [7, 11) is 0. The van der Waals surface area contributed by atoms with E-state index in [1.54, 1.807) is 6.20 Å². The maximum Gasteiger partial charge on any atom is 0.0953 e. The number of fused-ring (bicyclic) bond motifs is 1. The summed E-state index contributed by atoms with van der Waals surface area (Å²) in [6.07, 6.45) is 4.74. The molecule has 1 saturated carbocycles. The Kier molecular flexibility index (Phi) is 3.25. The molecule has 0 amide bonds. The zero-order valence-electron chi connectivity index (χ0n) is 10.8. The van der Waals surface area contributed by atoms with E-state index < -0.39 is 0 Å². The lowest BCUT2D eigenvalue weighted by atomic mass is 10.1. The van der Waals surface area contributed by atoms with E-state index in [1.807, 2.05) is 24.3 Å². The molecular weight excluding hydrogens is 238 g/mol. The van der Waals surface area contributed by atoms with Crippen LogP contribution < -0.4 is 11.1 Å². The maximum atomic E-state index is 9.85. The molecule has 1 aliphatic rings. The minimum atomic E-state index is -0.166. The number of hydrogen-bond acceptors (Lipinski definition) is 4. The van der Waals surface area contributed by atoms with E-state index in [-0.39, 0.29) is 6.10 Å². The fourth-order valence-corrected chi connectivity index (χ4v) is 2.83. The van der Waals surface area contributed by atoms with Gasteiger partial charge >= 0.3 is 0 Å². The largest absolute Gasteiger partial charge is 0.398 e. The Morgan fingerprint density at radius 3 is 3.00 bits per heavy atom. The van der Waals surface area contributed by atoms with Crippen molar-refractivity contribution in [3.63, 3.8) is 0 Å². The Hall–Kier alpha value is -1.81. The normalized spacial score (nSPS) is 22.8. The second-order valence-electron chi connectivity index (χ2n) is 5.24. The molecule has 2 atom stereocenters. The van der Waals surface area contributed by atoms with Crippen LogP contribution in [0.5, 0.6) is 0 Å². The van der Waals surface area contributed by atoms with Gasteiger partial charge in [-0.1, -0.05) is 6.42 Å². The highest BCUT2D eigenvalue weighted by Crippen LogP contribution is 2.29. The van der Waals surface area contributed by atoms with E-state index in [0.29, 0.717) is 5.92 Å². The molecule has 1 heterocycles. The molecule has 0 saturated heterocycles. The lowest BCUT2D eigenvalue weighted by molar-refractivity contribution is 0.138. The summed E-state index contributed by atoms with van der Waals surface area (Å²) in [5, 5.41) is 14.2. The summed E-state index contributed by atoms with van der Waals surface area (Å²) in [6, 6.07) is 7.74. The second-order valence-corrected chi connectivity index (χ2v) is 5.24. The molecule has 0 spiro atoms. The molecule has 100 valence electrons. The van der Waals surface area contributed by atoms with Crippen molar-refractivity contribution >= 4 is 22.3 Å². The fraction of sp³-hybridized carbons (Fsp3) is 0.400. The first-order chi connectivity index (χ1) is 9.25. The smallest absolute Gasteiger partial charge is 0.0953 e. The van der Waals surface area contributed by atoms with Crippen molar-refractivity contribution in [1.82, 2.24) is 4.98 Å². The molecule has 0 radical (unpaired) electrons. The molecule has 1 aliphatic carbocycles. The van der Waals surface area contributed by atoms with Crippen LogP contribution in [0.1, 0.15) is 19.3 Å². The Bertz CT molecular complexity index is 585. The molecule has 0 aliphatic heterocycles. The van der Waals surface area contributed by atoms with Crippen molar-refractivity contribution in [3.05, 3.63) is 30.5 Å². The third-order valence-corrected chi connectivity index (χ3v) is 3.98. The molecule has 2 unspecified atom stereocenters. The number of benzene rings is 1. The number of aliphatic hydroxyl groups excluding tert-OH is 1. The van der Waals surface area contributed by atoms with Gasteiger partial charge in [-0.3, -0.25) is 4.98 Å². The summed E-state index contributed by atoms with van der Waals surface area (Å²) in [6.45, 7) is 0.788. The predicted octanol–water partition coefficient (Wildman–Crippen LogP) is 2.39. The number of aliphatic hydroxyl groups is 1. The van der Waals surface area contributed by atoms with Crippen LogP contribution in [0.4, 0.5) is 11.4 Å². The van der Waals surface area contributed by atoms with E-state index in [0.717, 1.165) is 48.1 Å². The fourth-order valence-electron chi connectivity index (χ4n) is 2.83. The number of pyridine rings is 1.